The second kappa shape index (κ2) is 11.7. The molecule has 0 spiro atoms. The lowest BCUT2D eigenvalue weighted by Crippen LogP contribution is -2.47. The van der Waals surface area contributed by atoms with E-state index in [0.29, 0.717) is 32.6 Å². The Morgan fingerprint density at radius 2 is 1.76 bits per heavy atom. The Hall–Kier alpha value is -3.30. The zero-order valence-electron chi connectivity index (χ0n) is 19.8. The highest BCUT2D eigenvalue weighted by Gasteiger charge is 2.33. The Bertz CT molecular complexity index is 917. The van der Waals surface area contributed by atoms with Crippen molar-refractivity contribution in [1.29, 1.82) is 0 Å². The van der Waals surface area contributed by atoms with E-state index in [1.165, 1.54) is 18.2 Å². The molecule has 1 heterocycles. The van der Waals surface area contributed by atoms with E-state index < -0.39 is 11.9 Å². The molecular weight excluding hydrogens is 440 g/mol. The number of phenolic OH excluding ortho intramolecular Hbond substituents is 1. The molecule has 1 aliphatic carbocycles. The largest absolute Gasteiger partial charge is 0.508 e. The van der Waals surface area contributed by atoms with Crippen LogP contribution in [-0.4, -0.2) is 84.4 Å². The number of hydrogen-bond acceptors (Lipinski definition) is 6. The molecule has 34 heavy (non-hydrogen) atoms. The molecule has 0 unspecified atom stereocenters. The maximum absolute atomic E-state index is 12.7. The average molecular weight is 475 g/mol. The summed E-state index contributed by atoms with van der Waals surface area (Å²) in [6.07, 6.45) is 3.94. The minimum Gasteiger partial charge on any atom is -0.508 e. The molecule has 4 amide bonds. The van der Waals surface area contributed by atoms with E-state index in [0.717, 1.165) is 25.7 Å². The van der Waals surface area contributed by atoms with E-state index in [2.05, 4.69) is 10.6 Å². The number of benzene rings is 1. The van der Waals surface area contributed by atoms with Crippen LogP contribution < -0.4 is 15.4 Å². The van der Waals surface area contributed by atoms with Crippen LogP contribution in [0.5, 0.6) is 11.5 Å². The number of nitrogens with zero attached hydrogens (tertiary/aromatic N) is 2. The number of likely N-dealkylation sites (N-methyl/N-ethyl adjacent to an activating group) is 1. The van der Waals surface area contributed by atoms with Crippen molar-refractivity contribution in [2.75, 3.05) is 39.8 Å². The molecular formula is C24H34N4O6. The highest BCUT2D eigenvalue weighted by Crippen LogP contribution is 2.31. The van der Waals surface area contributed by atoms with Gasteiger partial charge in [-0.2, -0.15) is 0 Å². The summed E-state index contributed by atoms with van der Waals surface area (Å²) in [6.45, 7) is 3.28. The molecule has 3 N–H and O–H groups in total. The molecule has 1 aromatic rings. The van der Waals surface area contributed by atoms with Crippen LogP contribution in [0.25, 0.3) is 0 Å². The topological polar surface area (TPSA) is 128 Å². The third-order valence-electron chi connectivity index (χ3n) is 5.95. The van der Waals surface area contributed by atoms with Crippen molar-refractivity contribution in [3.05, 3.63) is 23.8 Å². The highest BCUT2D eigenvalue weighted by atomic mass is 16.5. The Morgan fingerprint density at radius 1 is 1.06 bits per heavy atom. The number of fused-ring (bicyclic) bond motifs is 2. The highest BCUT2D eigenvalue weighted by molar-refractivity contribution is 5.95. The van der Waals surface area contributed by atoms with Gasteiger partial charge in [0.2, 0.25) is 11.8 Å². The Morgan fingerprint density at radius 3 is 2.50 bits per heavy atom. The molecule has 1 saturated carbocycles. The molecule has 10 heteroatoms. The first-order valence-electron chi connectivity index (χ1n) is 11.8. The van der Waals surface area contributed by atoms with Crippen molar-refractivity contribution in [3.63, 3.8) is 0 Å². The predicted octanol–water partition coefficient (Wildman–Crippen LogP) is 0.886. The molecule has 0 radical (unpaired) electrons. The van der Waals surface area contributed by atoms with E-state index in [9.17, 15) is 24.3 Å². The summed E-state index contributed by atoms with van der Waals surface area (Å²) in [5.41, 5.74) is 0.195. The Labute approximate surface area is 199 Å². The summed E-state index contributed by atoms with van der Waals surface area (Å²) >= 11 is 0. The number of aromatic hydroxyl groups is 1. The molecule has 3 rings (SSSR count). The van der Waals surface area contributed by atoms with Crippen LogP contribution in [0.2, 0.25) is 0 Å². The van der Waals surface area contributed by atoms with Crippen LogP contribution in [0.3, 0.4) is 0 Å². The van der Waals surface area contributed by atoms with Gasteiger partial charge in [0.05, 0.1) is 0 Å². The van der Waals surface area contributed by atoms with Crippen LogP contribution >= 0.6 is 0 Å². The van der Waals surface area contributed by atoms with E-state index in [1.54, 1.807) is 18.9 Å². The summed E-state index contributed by atoms with van der Waals surface area (Å²) in [5.74, 6) is -0.841. The molecule has 0 aromatic heterocycles. The monoisotopic (exact) mass is 474 g/mol. The quantitative estimate of drug-likeness (QED) is 0.555. The molecule has 0 saturated heterocycles. The summed E-state index contributed by atoms with van der Waals surface area (Å²) in [7, 11) is 1.69. The van der Waals surface area contributed by atoms with Gasteiger partial charge in [-0.05, 0) is 51.2 Å². The van der Waals surface area contributed by atoms with Gasteiger partial charge in [-0.25, -0.2) is 0 Å². The first-order chi connectivity index (χ1) is 16.2. The van der Waals surface area contributed by atoms with E-state index in [4.69, 9.17) is 4.74 Å². The second-order valence-corrected chi connectivity index (χ2v) is 8.97. The Kier molecular flexibility index (Phi) is 8.72. The zero-order valence-corrected chi connectivity index (χ0v) is 19.8. The number of nitrogens with one attached hydrogen (secondary N) is 2. The first kappa shape index (κ1) is 25.3. The fraction of sp³-hybridized carbons (Fsp3) is 0.583. The molecule has 1 fully saturated rings. The van der Waals surface area contributed by atoms with Gasteiger partial charge in [-0.15, -0.1) is 0 Å². The van der Waals surface area contributed by atoms with Crippen molar-refractivity contribution in [3.8, 4) is 11.5 Å². The maximum atomic E-state index is 12.7. The van der Waals surface area contributed by atoms with Gasteiger partial charge in [0.15, 0.2) is 6.61 Å². The molecule has 2 aliphatic rings. The van der Waals surface area contributed by atoms with Crippen LogP contribution in [0.1, 0.15) is 49.4 Å². The second-order valence-electron chi connectivity index (χ2n) is 8.97. The normalized spacial score (nSPS) is 21.8. The van der Waals surface area contributed by atoms with Gasteiger partial charge in [-0.3, -0.25) is 19.2 Å². The predicted molar refractivity (Wildman–Crippen MR) is 124 cm³/mol. The number of phenols is 1. The molecule has 1 aliphatic heterocycles. The molecule has 2 bridgehead atoms. The van der Waals surface area contributed by atoms with Gasteiger partial charge in [-0.1, -0.05) is 0 Å². The van der Waals surface area contributed by atoms with Crippen molar-refractivity contribution in [2.24, 2.45) is 5.92 Å². The van der Waals surface area contributed by atoms with Gasteiger partial charge < -0.3 is 30.3 Å². The van der Waals surface area contributed by atoms with Crippen LogP contribution in [0, 0.1) is 5.92 Å². The van der Waals surface area contributed by atoms with Crippen molar-refractivity contribution < 1.29 is 29.0 Å². The third-order valence-corrected chi connectivity index (χ3v) is 5.95. The number of carbonyl (C=O) groups excluding carboxylic acids is 4. The van der Waals surface area contributed by atoms with Gasteiger partial charge in [0.1, 0.15) is 17.5 Å². The fourth-order valence-electron chi connectivity index (χ4n) is 3.88. The minimum absolute atomic E-state index is 0.111. The lowest BCUT2D eigenvalue weighted by Gasteiger charge is -2.25. The smallest absolute Gasteiger partial charge is 0.258 e. The van der Waals surface area contributed by atoms with Gasteiger partial charge in [0.25, 0.3) is 11.8 Å². The van der Waals surface area contributed by atoms with E-state index in [-0.39, 0.29) is 47.3 Å². The zero-order chi connectivity index (χ0) is 24.7. The molecule has 1 atom stereocenters. The van der Waals surface area contributed by atoms with Crippen LogP contribution in [-0.2, 0) is 14.4 Å². The van der Waals surface area contributed by atoms with Crippen molar-refractivity contribution >= 4 is 23.6 Å². The molecule has 186 valence electrons. The number of hydrogen-bond donors (Lipinski definition) is 3. The summed E-state index contributed by atoms with van der Waals surface area (Å²) in [5, 5.41) is 15.4. The van der Waals surface area contributed by atoms with Crippen molar-refractivity contribution in [2.45, 2.75) is 45.1 Å². The number of carbonyl (C=O) groups is 4. The molecule has 1 aromatic carbocycles. The maximum Gasteiger partial charge on any atom is 0.258 e. The fourth-order valence-corrected chi connectivity index (χ4v) is 3.88. The van der Waals surface area contributed by atoms with Gasteiger partial charge >= 0.3 is 0 Å². The third kappa shape index (κ3) is 7.36. The number of amides is 4. The van der Waals surface area contributed by atoms with Crippen LogP contribution in [0.15, 0.2) is 18.2 Å². The van der Waals surface area contributed by atoms with E-state index in [1.807, 2.05) is 4.90 Å². The van der Waals surface area contributed by atoms with Gasteiger partial charge in [0, 0.05) is 50.8 Å². The Balaban J connectivity index is 1.71. The SMILES string of the molecule is C[C@@H]1NC(=O)COc2cc(O)cc(c2)C(=O)NCCCN(C(=O)C2CC2)CCCCN(C)C1=O. The molecule has 10 nitrogen and oxygen atoms in total. The summed E-state index contributed by atoms with van der Waals surface area (Å²) in [4.78, 5) is 53.5. The first-order valence-corrected chi connectivity index (χ1v) is 11.8. The average Bonchev–Trinajstić information content (AvgIpc) is 3.65. The lowest BCUT2D eigenvalue weighted by molar-refractivity contribution is -0.135. The van der Waals surface area contributed by atoms with E-state index >= 15 is 0 Å². The minimum atomic E-state index is -0.731. The van der Waals surface area contributed by atoms with Crippen molar-refractivity contribution in [1.82, 2.24) is 20.4 Å². The number of rotatable bonds is 1. The number of ether oxygens (including phenoxy) is 1. The summed E-state index contributed by atoms with van der Waals surface area (Å²) in [6, 6.07) is 3.32. The lowest BCUT2D eigenvalue weighted by atomic mass is 10.2. The van der Waals surface area contributed by atoms with Crippen LogP contribution in [0.4, 0.5) is 0 Å². The summed E-state index contributed by atoms with van der Waals surface area (Å²) < 4.78 is 5.43. The standard InChI is InChI=1S/C24H34N4O6/c1-16-23(32)27(2)9-3-4-10-28(24(33)17-6-7-17)11-5-8-25-22(31)18-12-19(29)14-20(13-18)34-15-21(30)26-16/h12-14,16-17,29H,3-11,15H2,1-2H3,(H,25,31)(H,26,30)/t16-/m0/s1.